The summed E-state index contributed by atoms with van der Waals surface area (Å²) < 4.78 is 5.24. The number of aryl methyl sites for hydroxylation is 1. The molecule has 7 heteroatoms. The van der Waals surface area contributed by atoms with E-state index in [-0.39, 0.29) is 5.91 Å². The SMILES string of the molecule is Cc1noc(C2CCN(CC(=O)NCc3cccs3)CC2)n1. The number of nitrogens with one attached hydrogen (secondary N) is 1. The van der Waals surface area contributed by atoms with E-state index in [1.165, 1.54) is 4.88 Å². The molecule has 1 amide bonds. The van der Waals surface area contributed by atoms with E-state index in [1.807, 2.05) is 24.4 Å². The van der Waals surface area contributed by atoms with Gasteiger partial charge in [-0.15, -0.1) is 11.3 Å². The second-order valence-corrected chi connectivity index (χ2v) is 6.62. The van der Waals surface area contributed by atoms with Crippen molar-refractivity contribution in [1.82, 2.24) is 20.4 Å². The van der Waals surface area contributed by atoms with Gasteiger partial charge < -0.3 is 9.84 Å². The Morgan fingerprint density at radius 1 is 1.50 bits per heavy atom. The fraction of sp³-hybridized carbons (Fsp3) is 0.533. The van der Waals surface area contributed by atoms with Crippen LogP contribution < -0.4 is 5.32 Å². The second-order valence-electron chi connectivity index (χ2n) is 5.59. The third kappa shape index (κ3) is 3.92. The monoisotopic (exact) mass is 320 g/mol. The summed E-state index contributed by atoms with van der Waals surface area (Å²) in [5.74, 6) is 1.83. The number of carbonyl (C=O) groups is 1. The molecular weight excluding hydrogens is 300 g/mol. The molecule has 1 saturated heterocycles. The molecule has 1 aliphatic heterocycles. The summed E-state index contributed by atoms with van der Waals surface area (Å²) in [6, 6.07) is 4.03. The van der Waals surface area contributed by atoms with E-state index in [2.05, 4.69) is 20.4 Å². The number of amides is 1. The van der Waals surface area contributed by atoms with Crippen LogP contribution in [0.25, 0.3) is 0 Å². The molecule has 1 fully saturated rings. The first-order valence-electron chi connectivity index (χ1n) is 7.52. The molecule has 3 heterocycles. The first-order valence-corrected chi connectivity index (χ1v) is 8.40. The Balaban J connectivity index is 1.40. The number of hydrogen-bond acceptors (Lipinski definition) is 6. The molecule has 0 unspecified atom stereocenters. The molecule has 118 valence electrons. The fourth-order valence-electron chi connectivity index (χ4n) is 2.67. The smallest absolute Gasteiger partial charge is 0.234 e. The molecule has 2 aromatic heterocycles. The first kappa shape index (κ1) is 15.2. The molecule has 2 aromatic rings. The number of hydrogen-bond donors (Lipinski definition) is 1. The van der Waals surface area contributed by atoms with Crippen LogP contribution in [0.15, 0.2) is 22.0 Å². The van der Waals surface area contributed by atoms with E-state index >= 15 is 0 Å². The quantitative estimate of drug-likeness (QED) is 0.911. The van der Waals surface area contributed by atoms with Gasteiger partial charge in [0.05, 0.1) is 13.1 Å². The lowest BCUT2D eigenvalue weighted by atomic mass is 9.97. The number of carbonyl (C=O) groups excluding carboxylic acids is 1. The molecular formula is C15H20N4O2S. The van der Waals surface area contributed by atoms with Gasteiger partial charge in [-0.2, -0.15) is 4.98 Å². The van der Waals surface area contributed by atoms with Crippen molar-refractivity contribution in [2.24, 2.45) is 0 Å². The molecule has 22 heavy (non-hydrogen) atoms. The van der Waals surface area contributed by atoms with Crippen LogP contribution >= 0.6 is 11.3 Å². The standard InChI is InChI=1S/C15H20N4O2S/c1-11-17-15(21-18-11)12-4-6-19(7-5-12)10-14(20)16-9-13-3-2-8-22-13/h2-3,8,12H,4-7,9-10H2,1H3,(H,16,20). The van der Waals surface area contributed by atoms with Gasteiger partial charge >= 0.3 is 0 Å². The molecule has 0 bridgehead atoms. The second kappa shape index (κ2) is 7.02. The Labute approximate surface area is 133 Å². The Bertz CT molecular complexity index is 603. The Kier molecular flexibility index (Phi) is 4.84. The van der Waals surface area contributed by atoms with Crippen molar-refractivity contribution in [3.8, 4) is 0 Å². The van der Waals surface area contributed by atoms with Crippen molar-refractivity contribution in [2.45, 2.75) is 32.2 Å². The van der Waals surface area contributed by atoms with Crippen molar-refractivity contribution in [1.29, 1.82) is 0 Å². The van der Waals surface area contributed by atoms with Gasteiger partial charge in [0, 0.05) is 10.8 Å². The number of likely N-dealkylation sites (tertiary alicyclic amines) is 1. The van der Waals surface area contributed by atoms with Gasteiger partial charge in [0.25, 0.3) is 0 Å². The van der Waals surface area contributed by atoms with Gasteiger partial charge in [0.15, 0.2) is 5.82 Å². The van der Waals surface area contributed by atoms with Crippen LogP contribution in [0.1, 0.15) is 35.4 Å². The summed E-state index contributed by atoms with van der Waals surface area (Å²) in [6.07, 6.45) is 1.92. The summed E-state index contributed by atoms with van der Waals surface area (Å²) in [6.45, 7) is 4.69. The molecule has 0 radical (unpaired) electrons. The summed E-state index contributed by atoms with van der Waals surface area (Å²) in [5.41, 5.74) is 0. The third-order valence-electron chi connectivity index (χ3n) is 3.89. The van der Waals surface area contributed by atoms with Crippen molar-refractivity contribution in [2.75, 3.05) is 19.6 Å². The third-order valence-corrected chi connectivity index (χ3v) is 4.76. The number of piperidine rings is 1. The minimum absolute atomic E-state index is 0.0838. The van der Waals surface area contributed by atoms with Crippen LogP contribution in [0.4, 0.5) is 0 Å². The molecule has 0 aliphatic carbocycles. The van der Waals surface area contributed by atoms with E-state index in [1.54, 1.807) is 11.3 Å². The fourth-order valence-corrected chi connectivity index (χ4v) is 3.32. The topological polar surface area (TPSA) is 71.3 Å². The maximum Gasteiger partial charge on any atom is 0.234 e. The van der Waals surface area contributed by atoms with Gasteiger partial charge in [0.1, 0.15) is 0 Å². The van der Waals surface area contributed by atoms with Crippen LogP contribution in [0.3, 0.4) is 0 Å². The Morgan fingerprint density at radius 2 is 2.32 bits per heavy atom. The zero-order chi connectivity index (χ0) is 15.4. The van der Waals surface area contributed by atoms with Crippen LogP contribution in [0.2, 0.25) is 0 Å². The normalized spacial score (nSPS) is 16.8. The Hall–Kier alpha value is -1.73. The number of nitrogens with zero attached hydrogens (tertiary/aromatic N) is 3. The lowest BCUT2D eigenvalue weighted by molar-refractivity contribution is -0.122. The van der Waals surface area contributed by atoms with E-state index < -0.39 is 0 Å². The van der Waals surface area contributed by atoms with Crippen LogP contribution in [-0.4, -0.2) is 40.6 Å². The van der Waals surface area contributed by atoms with Gasteiger partial charge in [-0.05, 0) is 44.3 Å². The highest BCUT2D eigenvalue weighted by Crippen LogP contribution is 2.26. The van der Waals surface area contributed by atoms with Crippen LogP contribution in [0, 0.1) is 6.92 Å². The van der Waals surface area contributed by atoms with Gasteiger partial charge in [-0.25, -0.2) is 0 Å². The van der Waals surface area contributed by atoms with E-state index in [0.29, 0.717) is 24.8 Å². The van der Waals surface area contributed by atoms with E-state index in [0.717, 1.165) is 31.8 Å². The Morgan fingerprint density at radius 3 is 2.95 bits per heavy atom. The molecule has 1 aliphatic rings. The largest absolute Gasteiger partial charge is 0.350 e. The summed E-state index contributed by atoms with van der Waals surface area (Å²) in [5, 5.41) is 8.83. The van der Waals surface area contributed by atoms with Gasteiger partial charge in [-0.1, -0.05) is 11.2 Å². The highest BCUT2D eigenvalue weighted by atomic mass is 32.1. The highest BCUT2D eigenvalue weighted by Gasteiger charge is 2.25. The maximum absolute atomic E-state index is 12.0. The predicted octanol–water partition coefficient (Wildman–Crippen LogP) is 1.94. The highest BCUT2D eigenvalue weighted by molar-refractivity contribution is 7.09. The van der Waals surface area contributed by atoms with Crippen molar-refractivity contribution in [3.05, 3.63) is 34.1 Å². The van der Waals surface area contributed by atoms with E-state index in [9.17, 15) is 4.79 Å². The average molecular weight is 320 g/mol. The van der Waals surface area contributed by atoms with E-state index in [4.69, 9.17) is 4.52 Å². The van der Waals surface area contributed by atoms with Crippen LogP contribution in [-0.2, 0) is 11.3 Å². The molecule has 6 nitrogen and oxygen atoms in total. The lowest BCUT2D eigenvalue weighted by Gasteiger charge is -2.29. The zero-order valence-corrected chi connectivity index (χ0v) is 13.4. The predicted molar refractivity (Wildman–Crippen MR) is 83.6 cm³/mol. The van der Waals surface area contributed by atoms with Gasteiger partial charge in [0.2, 0.25) is 11.8 Å². The number of thiophene rings is 1. The molecule has 0 atom stereocenters. The lowest BCUT2D eigenvalue weighted by Crippen LogP contribution is -2.41. The summed E-state index contributed by atoms with van der Waals surface area (Å²) in [4.78, 5) is 19.6. The first-order chi connectivity index (χ1) is 10.7. The number of rotatable bonds is 5. The molecule has 0 aromatic carbocycles. The van der Waals surface area contributed by atoms with Crippen molar-refractivity contribution < 1.29 is 9.32 Å². The molecule has 0 saturated carbocycles. The molecule has 1 N–H and O–H groups in total. The maximum atomic E-state index is 12.0. The molecule has 0 spiro atoms. The minimum atomic E-state index is 0.0838. The number of aromatic nitrogens is 2. The van der Waals surface area contributed by atoms with Crippen molar-refractivity contribution in [3.63, 3.8) is 0 Å². The van der Waals surface area contributed by atoms with Crippen LogP contribution in [0.5, 0.6) is 0 Å². The molecule has 3 rings (SSSR count). The average Bonchev–Trinajstić information content (AvgIpc) is 3.17. The van der Waals surface area contributed by atoms with Gasteiger partial charge in [-0.3, -0.25) is 9.69 Å². The van der Waals surface area contributed by atoms with Crippen molar-refractivity contribution >= 4 is 17.2 Å². The summed E-state index contributed by atoms with van der Waals surface area (Å²) in [7, 11) is 0. The summed E-state index contributed by atoms with van der Waals surface area (Å²) >= 11 is 1.66. The zero-order valence-electron chi connectivity index (χ0n) is 12.6. The minimum Gasteiger partial charge on any atom is -0.350 e.